The van der Waals surface area contributed by atoms with Crippen LogP contribution in [0, 0.1) is 17.6 Å². The summed E-state index contributed by atoms with van der Waals surface area (Å²) in [5.41, 5.74) is 0.786. The first-order chi connectivity index (χ1) is 11.7. The molecule has 4 saturated heterocycles. The molecule has 2 aromatic rings. The number of thiazole rings is 1. The molecule has 4 fully saturated rings. The number of hydrogen-bond acceptors (Lipinski definition) is 4. The monoisotopic (exact) mass is 347 g/mol. The van der Waals surface area contributed by atoms with E-state index < -0.39 is 11.6 Å². The van der Waals surface area contributed by atoms with Crippen molar-refractivity contribution < 1.29 is 8.78 Å². The van der Waals surface area contributed by atoms with Crippen LogP contribution in [0.5, 0.6) is 0 Å². The quantitative estimate of drug-likeness (QED) is 0.829. The van der Waals surface area contributed by atoms with E-state index in [4.69, 9.17) is 0 Å². The molecule has 0 unspecified atom stereocenters. The number of hydrogen-bond donors (Lipinski definition) is 0. The van der Waals surface area contributed by atoms with Crippen molar-refractivity contribution in [3.63, 3.8) is 0 Å². The van der Waals surface area contributed by atoms with Gasteiger partial charge in [0.2, 0.25) is 0 Å². The van der Waals surface area contributed by atoms with Crippen molar-refractivity contribution in [2.75, 3.05) is 24.5 Å². The zero-order valence-electron chi connectivity index (χ0n) is 13.2. The highest BCUT2D eigenvalue weighted by molar-refractivity contribution is 7.13. The van der Waals surface area contributed by atoms with Gasteiger partial charge in [-0.3, -0.25) is 4.90 Å². The van der Waals surface area contributed by atoms with Gasteiger partial charge in [0.1, 0.15) is 11.6 Å². The van der Waals surface area contributed by atoms with Crippen molar-refractivity contribution in [1.82, 2.24) is 9.88 Å². The molecule has 0 aliphatic carbocycles. The van der Waals surface area contributed by atoms with Crippen molar-refractivity contribution in [1.29, 1.82) is 0 Å². The molecule has 0 saturated carbocycles. The Balaban J connectivity index is 1.58. The van der Waals surface area contributed by atoms with E-state index in [0.717, 1.165) is 36.4 Å². The lowest BCUT2D eigenvalue weighted by Crippen LogP contribution is -2.60. The van der Waals surface area contributed by atoms with Crippen LogP contribution in [0.3, 0.4) is 0 Å². The molecule has 4 aliphatic heterocycles. The Kier molecular flexibility index (Phi) is 3.38. The van der Waals surface area contributed by atoms with E-state index in [-0.39, 0.29) is 5.92 Å². The van der Waals surface area contributed by atoms with Crippen LogP contribution in [-0.4, -0.2) is 41.6 Å². The average molecular weight is 347 g/mol. The van der Waals surface area contributed by atoms with Crippen LogP contribution in [-0.2, 0) is 0 Å². The van der Waals surface area contributed by atoms with Crippen molar-refractivity contribution in [2.24, 2.45) is 5.92 Å². The number of halogens is 2. The summed E-state index contributed by atoms with van der Waals surface area (Å²) in [5, 5.41) is 3.04. The molecule has 24 heavy (non-hydrogen) atoms. The number of anilines is 1. The van der Waals surface area contributed by atoms with Gasteiger partial charge in [0.05, 0.1) is 6.04 Å². The third-order valence-corrected chi connectivity index (χ3v) is 6.78. The Hall–Kier alpha value is -1.53. The van der Waals surface area contributed by atoms with Gasteiger partial charge in [0.15, 0.2) is 5.13 Å². The van der Waals surface area contributed by atoms with E-state index in [0.29, 0.717) is 18.0 Å². The molecule has 1 aromatic heterocycles. The second-order valence-corrected chi connectivity index (χ2v) is 8.00. The smallest absolute Gasteiger partial charge is 0.185 e. The standard InChI is InChI=1S/C18H19F2N3S/c19-13-7-12(8-14(20)9-13)15-10-23(18-21-3-6-24-18)16-11-1-4-22(5-2-11)17(15)16/h3,6-9,11,15-17H,1-2,4-5,10H2/t15-,16-,17-/m0/s1. The van der Waals surface area contributed by atoms with Gasteiger partial charge in [-0.2, -0.15) is 0 Å². The van der Waals surface area contributed by atoms with Crippen LogP contribution in [0.15, 0.2) is 29.8 Å². The Morgan fingerprint density at radius 3 is 2.46 bits per heavy atom. The summed E-state index contributed by atoms with van der Waals surface area (Å²) in [7, 11) is 0. The number of rotatable bonds is 2. The Morgan fingerprint density at radius 2 is 1.79 bits per heavy atom. The van der Waals surface area contributed by atoms with Gasteiger partial charge in [-0.25, -0.2) is 13.8 Å². The van der Waals surface area contributed by atoms with Gasteiger partial charge >= 0.3 is 0 Å². The number of piperidine rings is 3. The fourth-order valence-electron chi connectivity index (χ4n) is 5.08. The first-order valence-electron chi connectivity index (χ1n) is 8.57. The summed E-state index contributed by atoms with van der Waals surface area (Å²) in [6.07, 6.45) is 4.27. The van der Waals surface area contributed by atoms with E-state index >= 15 is 0 Å². The minimum Gasteiger partial charge on any atom is -0.343 e. The molecule has 3 atom stereocenters. The number of aromatic nitrogens is 1. The predicted octanol–water partition coefficient (Wildman–Crippen LogP) is 3.49. The summed E-state index contributed by atoms with van der Waals surface area (Å²) in [6, 6.07) is 4.73. The summed E-state index contributed by atoms with van der Waals surface area (Å²) < 4.78 is 27.6. The van der Waals surface area contributed by atoms with Crippen molar-refractivity contribution in [3.8, 4) is 0 Å². The zero-order valence-corrected chi connectivity index (χ0v) is 14.1. The number of nitrogens with zero attached hydrogens (tertiary/aromatic N) is 3. The largest absolute Gasteiger partial charge is 0.343 e. The fraction of sp³-hybridized carbons (Fsp3) is 0.500. The van der Waals surface area contributed by atoms with Crippen LogP contribution >= 0.6 is 11.3 Å². The maximum atomic E-state index is 13.8. The van der Waals surface area contributed by atoms with Crippen LogP contribution in [0.4, 0.5) is 13.9 Å². The lowest BCUT2D eigenvalue weighted by atomic mass is 9.75. The second-order valence-electron chi connectivity index (χ2n) is 7.13. The van der Waals surface area contributed by atoms with E-state index in [2.05, 4.69) is 14.8 Å². The van der Waals surface area contributed by atoms with Gasteiger partial charge < -0.3 is 4.90 Å². The summed E-state index contributed by atoms with van der Waals surface area (Å²) in [5.74, 6) is -0.171. The fourth-order valence-corrected chi connectivity index (χ4v) is 5.78. The van der Waals surface area contributed by atoms with Crippen LogP contribution in [0.1, 0.15) is 24.3 Å². The summed E-state index contributed by atoms with van der Waals surface area (Å²) in [4.78, 5) is 9.45. The SMILES string of the molecule is Fc1cc(F)cc([C@@H]2CN(c3nccs3)[C@H]3C4CCN(CC4)[C@@H]23)c1. The topological polar surface area (TPSA) is 19.4 Å². The molecule has 0 spiro atoms. The van der Waals surface area contributed by atoms with E-state index in [1.165, 1.54) is 25.0 Å². The third kappa shape index (κ3) is 2.19. The van der Waals surface area contributed by atoms with Gasteiger partial charge in [-0.05, 0) is 49.5 Å². The Morgan fingerprint density at radius 1 is 1.04 bits per heavy atom. The van der Waals surface area contributed by atoms with Crippen molar-refractivity contribution in [3.05, 3.63) is 47.0 Å². The first kappa shape index (κ1) is 14.8. The first-order valence-corrected chi connectivity index (χ1v) is 9.45. The summed E-state index contributed by atoms with van der Waals surface area (Å²) >= 11 is 1.65. The lowest BCUT2D eigenvalue weighted by Gasteiger charge is -2.51. The van der Waals surface area contributed by atoms with Gasteiger partial charge in [-0.1, -0.05) is 0 Å². The highest BCUT2D eigenvalue weighted by Crippen LogP contribution is 2.48. The maximum absolute atomic E-state index is 13.8. The summed E-state index contributed by atoms with van der Waals surface area (Å²) in [6.45, 7) is 3.00. The highest BCUT2D eigenvalue weighted by atomic mass is 32.1. The third-order valence-electron chi connectivity index (χ3n) is 5.97. The lowest BCUT2D eigenvalue weighted by molar-refractivity contribution is 0.0355. The molecule has 0 radical (unpaired) electrons. The van der Waals surface area contributed by atoms with Crippen molar-refractivity contribution >= 4 is 16.5 Å². The number of fused-ring (bicyclic) bond motifs is 2. The minimum atomic E-state index is -0.481. The zero-order chi connectivity index (χ0) is 16.3. The highest BCUT2D eigenvalue weighted by Gasteiger charge is 2.54. The molecule has 0 N–H and O–H groups in total. The van der Waals surface area contributed by atoms with E-state index in [1.807, 2.05) is 11.6 Å². The molecule has 6 rings (SSSR count). The van der Waals surface area contributed by atoms with E-state index in [1.54, 1.807) is 11.3 Å². The Bertz CT molecular complexity index is 722. The molecule has 5 heterocycles. The average Bonchev–Trinajstić information content (AvgIpc) is 3.23. The molecular formula is C18H19F2N3S. The van der Waals surface area contributed by atoms with Gasteiger partial charge in [0, 0.05) is 36.1 Å². The minimum absolute atomic E-state index is 0.132. The number of benzene rings is 1. The van der Waals surface area contributed by atoms with E-state index in [9.17, 15) is 8.78 Å². The molecule has 4 aliphatic rings. The second kappa shape index (κ2) is 5.49. The van der Waals surface area contributed by atoms with Gasteiger partial charge in [-0.15, -0.1) is 11.3 Å². The predicted molar refractivity (Wildman–Crippen MR) is 90.4 cm³/mol. The van der Waals surface area contributed by atoms with Crippen LogP contribution in [0.2, 0.25) is 0 Å². The van der Waals surface area contributed by atoms with Crippen LogP contribution in [0.25, 0.3) is 0 Å². The normalized spacial score (nSPS) is 34.6. The molecule has 126 valence electrons. The molecule has 1 aromatic carbocycles. The molecule has 2 bridgehead atoms. The van der Waals surface area contributed by atoms with Gasteiger partial charge in [0.25, 0.3) is 0 Å². The molecule has 0 amide bonds. The molecular weight excluding hydrogens is 328 g/mol. The van der Waals surface area contributed by atoms with Crippen LogP contribution < -0.4 is 4.90 Å². The Labute approximate surface area is 143 Å². The van der Waals surface area contributed by atoms with Crippen molar-refractivity contribution in [2.45, 2.75) is 30.8 Å². The maximum Gasteiger partial charge on any atom is 0.185 e. The molecule has 3 nitrogen and oxygen atoms in total. The molecule has 6 heteroatoms.